The number of hydrogen-bond donors (Lipinski definition) is 0. The van der Waals surface area contributed by atoms with Gasteiger partial charge in [0.25, 0.3) is 0 Å². The Morgan fingerprint density at radius 1 is 1.00 bits per heavy atom. The van der Waals surface area contributed by atoms with Crippen molar-refractivity contribution in [2.75, 3.05) is 0 Å². The Balaban J connectivity index is 2.56. The van der Waals surface area contributed by atoms with Gasteiger partial charge in [-0.15, -0.1) is 0 Å². The normalized spacial score (nSPS) is 33.2. The maximum atomic E-state index is 13.7. The molecule has 1 nitrogen and oxygen atoms in total. The molecule has 0 unspecified atom stereocenters. The van der Waals surface area contributed by atoms with Gasteiger partial charge < -0.3 is 4.57 Å². The molecule has 2 rings (SSSR count). The summed E-state index contributed by atoms with van der Waals surface area (Å²) in [7, 11) is -2.36. The summed E-state index contributed by atoms with van der Waals surface area (Å²) in [6.07, 6.45) is 0. The van der Waals surface area contributed by atoms with Crippen molar-refractivity contribution in [2.45, 2.75) is 51.9 Å². The van der Waals surface area contributed by atoms with Gasteiger partial charge in [0.15, 0.2) is 0 Å². The van der Waals surface area contributed by atoms with Crippen LogP contribution in [0.4, 0.5) is 0 Å². The van der Waals surface area contributed by atoms with Gasteiger partial charge in [0, 0.05) is 15.6 Å². The molecule has 1 aromatic carbocycles. The van der Waals surface area contributed by atoms with E-state index in [-0.39, 0.29) is 10.3 Å². The van der Waals surface area contributed by atoms with Crippen LogP contribution in [0.25, 0.3) is 0 Å². The Morgan fingerprint density at radius 3 is 1.83 bits per heavy atom. The molecule has 0 radical (unpaired) electrons. The number of benzene rings is 1. The summed E-state index contributed by atoms with van der Waals surface area (Å²) in [6, 6.07) is 10.1. The molecule has 1 saturated heterocycles. The average Bonchev–Trinajstić information content (AvgIpc) is 2.27. The summed E-state index contributed by atoms with van der Waals surface area (Å²) >= 11 is 0. The van der Waals surface area contributed by atoms with Gasteiger partial charge in [0.05, 0.1) is 0 Å². The molecule has 0 bridgehead atoms. The minimum absolute atomic E-state index is 0.0912. The van der Waals surface area contributed by atoms with Crippen LogP contribution in [-0.4, -0.2) is 10.3 Å². The number of hydrogen-bond acceptors (Lipinski definition) is 1. The van der Waals surface area contributed by atoms with E-state index in [9.17, 15) is 4.57 Å². The lowest BCUT2D eigenvalue weighted by molar-refractivity contribution is 0.188. The zero-order chi connectivity index (χ0) is 13.8. The molecule has 0 amide bonds. The summed E-state index contributed by atoms with van der Waals surface area (Å²) in [5.74, 6) is 1.08. The highest BCUT2D eigenvalue weighted by atomic mass is 31.2. The summed E-state index contributed by atoms with van der Waals surface area (Å²) in [5.41, 5.74) is 0. The third-order valence-corrected chi connectivity index (χ3v) is 9.76. The SMILES string of the molecule is CC(C)C1C(C)(C)P(=O)(c2ccccc2)C1(C)C. The standard InChI is InChI=1S/C16H25OP/c1-12(2)14-15(3,4)18(17,16(14,5)6)13-10-8-7-9-11-13/h7-12,14H,1-6H3. The van der Waals surface area contributed by atoms with Crippen molar-refractivity contribution in [3.05, 3.63) is 30.3 Å². The van der Waals surface area contributed by atoms with E-state index in [1.807, 2.05) is 30.3 Å². The van der Waals surface area contributed by atoms with Crippen LogP contribution in [0.2, 0.25) is 0 Å². The van der Waals surface area contributed by atoms with Gasteiger partial charge in [-0.2, -0.15) is 0 Å². The first-order chi connectivity index (χ1) is 8.17. The summed E-state index contributed by atoms with van der Waals surface area (Å²) < 4.78 is 13.7. The highest BCUT2D eigenvalue weighted by Crippen LogP contribution is 2.82. The van der Waals surface area contributed by atoms with E-state index in [1.54, 1.807) is 0 Å². The highest BCUT2D eigenvalue weighted by Gasteiger charge is 2.70. The lowest BCUT2D eigenvalue weighted by Gasteiger charge is -2.65. The van der Waals surface area contributed by atoms with Crippen LogP contribution >= 0.6 is 7.14 Å². The van der Waals surface area contributed by atoms with Crippen LogP contribution in [0.1, 0.15) is 41.5 Å². The molecule has 1 aliphatic heterocycles. The third-order valence-electron chi connectivity index (χ3n) is 4.93. The maximum Gasteiger partial charge on any atom is 0.126 e. The smallest absolute Gasteiger partial charge is 0.126 e. The van der Waals surface area contributed by atoms with Crippen molar-refractivity contribution < 1.29 is 4.57 Å². The van der Waals surface area contributed by atoms with Crippen molar-refractivity contribution in [1.82, 2.24) is 0 Å². The van der Waals surface area contributed by atoms with Crippen molar-refractivity contribution in [1.29, 1.82) is 0 Å². The topological polar surface area (TPSA) is 17.1 Å². The lowest BCUT2D eigenvalue weighted by atomic mass is 9.74. The van der Waals surface area contributed by atoms with E-state index < -0.39 is 7.14 Å². The minimum atomic E-state index is -2.36. The summed E-state index contributed by atoms with van der Waals surface area (Å²) in [5, 5.41) is 0.870. The van der Waals surface area contributed by atoms with Crippen molar-refractivity contribution in [3.8, 4) is 0 Å². The fourth-order valence-corrected chi connectivity index (χ4v) is 10.1. The summed E-state index contributed by atoms with van der Waals surface area (Å²) in [6.45, 7) is 13.3. The molecule has 18 heavy (non-hydrogen) atoms. The second-order valence-corrected chi connectivity index (χ2v) is 11.0. The van der Waals surface area contributed by atoms with Crippen LogP contribution in [-0.2, 0) is 4.57 Å². The van der Waals surface area contributed by atoms with E-state index in [0.717, 1.165) is 5.30 Å². The molecule has 100 valence electrons. The Labute approximate surface area is 111 Å². The van der Waals surface area contributed by atoms with Crippen LogP contribution in [0, 0.1) is 11.8 Å². The molecular weight excluding hydrogens is 239 g/mol. The van der Waals surface area contributed by atoms with E-state index >= 15 is 0 Å². The van der Waals surface area contributed by atoms with Crippen LogP contribution in [0.15, 0.2) is 30.3 Å². The molecule has 1 aliphatic rings. The van der Waals surface area contributed by atoms with E-state index in [4.69, 9.17) is 0 Å². The van der Waals surface area contributed by atoms with Crippen molar-refractivity contribution in [2.24, 2.45) is 11.8 Å². The molecule has 0 atom stereocenters. The first-order valence-electron chi connectivity index (χ1n) is 6.83. The van der Waals surface area contributed by atoms with Crippen molar-refractivity contribution in [3.63, 3.8) is 0 Å². The zero-order valence-electron chi connectivity index (χ0n) is 12.4. The second-order valence-electron chi connectivity index (χ2n) is 6.97. The molecule has 1 aromatic rings. The predicted molar refractivity (Wildman–Crippen MR) is 80.2 cm³/mol. The molecule has 0 aliphatic carbocycles. The van der Waals surface area contributed by atoms with Gasteiger partial charge in [-0.25, -0.2) is 0 Å². The molecule has 0 aromatic heterocycles. The first kappa shape index (κ1) is 13.9. The molecule has 2 heteroatoms. The third kappa shape index (κ3) is 1.43. The molecular formula is C16H25OP. The fraction of sp³-hybridized carbons (Fsp3) is 0.625. The van der Waals surface area contributed by atoms with Crippen LogP contribution in [0.5, 0.6) is 0 Å². The van der Waals surface area contributed by atoms with Gasteiger partial charge >= 0.3 is 0 Å². The van der Waals surface area contributed by atoms with E-state index in [2.05, 4.69) is 41.5 Å². The largest absolute Gasteiger partial charge is 0.317 e. The summed E-state index contributed by atoms with van der Waals surface area (Å²) in [4.78, 5) is 0. The van der Waals surface area contributed by atoms with Crippen molar-refractivity contribution >= 4 is 12.4 Å². The monoisotopic (exact) mass is 264 g/mol. The maximum absolute atomic E-state index is 13.7. The predicted octanol–water partition coefficient (Wildman–Crippen LogP) is 4.52. The molecule has 0 spiro atoms. The number of rotatable bonds is 2. The van der Waals surface area contributed by atoms with Crippen LogP contribution in [0.3, 0.4) is 0 Å². The molecule has 1 fully saturated rings. The molecule has 0 N–H and O–H groups in total. The van der Waals surface area contributed by atoms with Gasteiger partial charge in [0.1, 0.15) is 7.14 Å². The molecule has 0 saturated carbocycles. The first-order valence-corrected chi connectivity index (χ1v) is 8.54. The zero-order valence-corrected chi connectivity index (χ0v) is 13.3. The van der Waals surface area contributed by atoms with E-state index in [0.29, 0.717) is 11.8 Å². The Kier molecular flexibility index (Phi) is 3.06. The Morgan fingerprint density at radius 2 is 1.44 bits per heavy atom. The van der Waals surface area contributed by atoms with Crippen LogP contribution < -0.4 is 5.30 Å². The fourth-order valence-electron chi connectivity index (χ4n) is 4.87. The minimum Gasteiger partial charge on any atom is -0.317 e. The van der Waals surface area contributed by atoms with Gasteiger partial charge in [-0.3, -0.25) is 0 Å². The lowest BCUT2D eigenvalue weighted by Crippen LogP contribution is -2.63. The quantitative estimate of drug-likeness (QED) is 0.718. The van der Waals surface area contributed by atoms with Gasteiger partial charge in [-0.1, -0.05) is 71.9 Å². The molecule has 1 heterocycles. The van der Waals surface area contributed by atoms with Gasteiger partial charge in [0.2, 0.25) is 0 Å². The van der Waals surface area contributed by atoms with E-state index in [1.165, 1.54) is 0 Å². The second kappa shape index (κ2) is 3.97. The Hall–Kier alpha value is -0.550. The Bertz CT molecular complexity index is 465. The van der Waals surface area contributed by atoms with Gasteiger partial charge in [-0.05, 0) is 11.8 Å². The highest BCUT2D eigenvalue weighted by molar-refractivity contribution is 7.76. The average molecular weight is 264 g/mol.